The van der Waals surface area contributed by atoms with E-state index in [0.717, 1.165) is 38.4 Å². The van der Waals surface area contributed by atoms with E-state index in [0.29, 0.717) is 0 Å². The normalized spacial score (nSPS) is 16.0. The molecule has 2 aromatic rings. The second-order valence-corrected chi connectivity index (χ2v) is 6.71. The monoisotopic (exact) mass is 318 g/mol. The van der Waals surface area contributed by atoms with Crippen LogP contribution in [0.15, 0.2) is 35.7 Å². The average molecular weight is 318 g/mol. The maximum absolute atomic E-state index is 10.7. The lowest BCUT2D eigenvalue weighted by Crippen LogP contribution is -3.13. The number of benzene rings is 1. The van der Waals surface area contributed by atoms with E-state index in [1.807, 2.05) is 23.5 Å². The van der Waals surface area contributed by atoms with Crippen molar-refractivity contribution in [3.05, 3.63) is 56.3 Å². The molecule has 0 amide bonds. The fourth-order valence-corrected chi connectivity index (χ4v) is 3.83. The van der Waals surface area contributed by atoms with Gasteiger partial charge in [0.25, 0.3) is 5.69 Å². The van der Waals surface area contributed by atoms with Gasteiger partial charge in [0.05, 0.1) is 36.0 Å². The molecule has 0 atom stereocenters. The highest BCUT2D eigenvalue weighted by Crippen LogP contribution is 2.19. The van der Waals surface area contributed by atoms with Crippen molar-refractivity contribution in [2.75, 3.05) is 31.1 Å². The van der Waals surface area contributed by atoms with Crippen LogP contribution in [-0.4, -0.2) is 31.1 Å². The van der Waals surface area contributed by atoms with Gasteiger partial charge in [-0.15, -0.1) is 11.3 Å². The van der Waals surface area contributed by atoms with Crippen LogP contribution in [0, 0.1) is 17.0 Å². The van der Waals surface area contributed by atoms with Crippen LogP contribution in [0.25, 0.3) is 0 Å². The number of rotatable bonds is 4. The predicted molar refractivity (Wildman–Crippen MR) is 88.8 cm³/mol. The van der Waals surface area contributed by atoms with E-state index in [1.54, 1.807) is 17.0 Å². The molecule has 0 spiro atoms. The van der Waals surface area contributed by atoms with Gasteiger partial charge in [0.2, 0.25) is 0 Å². The van der Waals surface area contributed by atoms with Gasteiger partial charge in [-0.2, -0.15) is 0 Å². The van der Waals surface area contributed by atoms with Gasteiger partial charge in [0.1, 0.15) is 6.54 Å². The van der Waals surface area contributed by atoms with E-state index in [-0.39, 0.29) is 10.6 Å². The van der Waals surface area contributed by atoms with E-state index in [2.05, 4.69) is 23.3 Å². The van der Waals surface area contributed by atoms with E-state index in [4.69, 9.17) is 0 Å². The number of nitrogens with one attached hydrogen (secondary N) is 1. The number of hydrogen-bond donors (Lipinski definition) is 1. The largest absolute Gasteiger partial charge is 0.360 e. The zero-order chi connectivity index (χ0) is 15.5. The van der Waals surface area contributed by atoms with Crippen molar-refractivity contribution in [1.82, 2.24) is 0 Å². The van der Waals surface area contributed by atoms with Gasteiger partial charge in [-0.25, -0.2) is 0 Å². The Morgan fingerprint density at radius 1 is 1.23 bits per heavy atom. The lowest BCUT2D eigenvalue weighted by molar-refractivity contribution is -0.914. The molecular formula is C16H20N3O2S+. The molecule has 1 N–H and O–H groups in total. The summed E-state index contributed by atoms with van der Waals surface area (Å²) in [6, 6.07) is 9.07. The number of thiophene rings is 1. The summed E-state index contributed by atoms with van der Waals surface area (Å²) in [6.45, 7) is 7.49. The van der Waals surface area contributed by atoms with Crippen LogP contribution >= 0.6 is 11.3 Å². The van der Waals surface area contributed by atoms with Crippen LogP contribution in [0.5, 0.6) is 0 Å². The second-order valence-electron chi connectivity index (χ2n) is 5.71. The Morgan fingerprint density at radius 2 is 1.91 bits per heavy atom. The zero-order valence-corrected chi connectivity index (χ0v) is 13.4. The SMILES string of the molecule is Cc1ccsc1C[NH+]1CCN(c2ccc([N+](=O)[O-])cc2)CC1. The molecule has 1 fully saturated rings. The molecule has 0 bridgehead atoms. The molecule has 22 heavy (non-hydrogen) atoms. The number of nitro groups is 1. The smallest absolute Gasteiger partial charge is 0.269 e. The first-order chi connectivity index (χ1) is 10.6. The molecule has 1 saturated heterocycles. The van der Waals surface area contributed by atoms with E-state index in [1.165, 1.54) is 10.4 Å². The minimum Gasteiger partial charge on any atom is -0.360 e. The number of anilines is 1. The Hall–Kier alpha value is -1.92. The minimum absolute atomic E-state index is 0.154. The molecule has 0 radical (unpaired) electrons. The van der Waals surface area contributed by atoms with Gasteiger partial charge in [0, 0.05) is 17.8 Å². The zero-order valence-electron chi connectivity index (χ0n) is 12.6. The van der Waals surface area contributed by atoms with Gasteiger partial charge in [-0.05, 0) is 36.1 Å². The van der Waals surface area contributed by atoms with Gasteiger partial charge >= 0.3 is 0 Å². The van der Waals surface area contributed by atoms with Gasteiger partial charge < -0.3 is 9.80 Å². The summed E-state index contributed by atoms with van der Waals surface area (Å²) in [5.41, 5.74) is 2.63. The highest BCUT2D eigenvalue weighted by molar-refractivity contribution is 7.10. The molecule has 116 valence electrons. The van der Waals surface area contributed by atoms with Crippen LogP contribution in [0.4, 0.5) is 11.4 Å². The maximum atomic E-state index is 10.7. The fraction of sp³-hybridized carbons (Fsp3) is 0.375. The molecule has 1 aliphatic rings. The molecule has 5 nitrogen and oxygen atoms in total. The molecule has 0 aliphatic carbocycles. The topological polar surface area (TPSA) is 50.8 Å². The summed E-state index contributed by atoms with van der Waals surface area (Å²) < 4.78 is 0. The third-order valence-corrected chi connectivity index (χ3v) is 5.30. The summed E-state index contributed by atoms with van der Waals surface area (Å²) in [6.07, 6.45) is 0. The van der Waals surface area contributed by atoms with Crippen molar-refractivity contribution in [3.8, 4) is 0 Å². The Labute approximate surface area is 133 Å². The van der Waals surface area contributed by atoms with Crippen molar-refractivity contribution >= 4 is 22.7 Å². The van der Waals surface area contributed by atoms with Crippen molar-refractivity contribution in [1.29, 1.82) is 0 Å². The maximum Gasteiger partial charge on any atom is 0.269 e. The van der Waals surface area contributed by atoms with Gasteiger partial charge in [0.15, 0.2) is 0 Å². The number of non-ortho nitro benzene ring substituents is 1. The fourth-order valence-electron chi connectivity index (χ4n) is 2.86. The predicted octanol–water partition coefficient (Wildman–Crippen LogP) is 1.87. The summed E-state index contributed by atoms with van der Waals surface area (Å²) in [5, 5.41) is 12.9. The summed E-state index contributed by atoms with van der Waals surface area (Å²) in [7, 11) is 0. The molecule has 0 unspecified atom stereocenters. The van der Waals surface area contributed by atoms with E-state index < -0.39 is 0 Å². The first kappa shape index (κ1) is 15.0. The second kappa shape index (κ2) is 6.46. The standard InChI is InChI=1S/C16H19N3O2S/c1-13-6-11-22-16(13)12-17-7-9-18(10-8-17)14-2-4-15(5-3-14)19(20)21/h2-6,11H,7-10,12H2,1H3/p+1. The number of aryl methyl sites for hydroxylation is 1. The Balaban J connectivity index is 1.57. The Kier molecular flexibility index (Phi) is 4.40. The highest BCUT2D eigenvalue weighted by atomic mass is 32.1. The van der Waals surface area contributed by atoms with Crippen LogP contribution in [-0.2, 0) is 6.54 Å². The number of nitro benzene ring substituents is 1. The van der Waals surface area contributed by atoms with Crippen molar-refractivity contribution in [3.63, 3.8) is 0 Å². The molecule has 1 aromatic heterocycles. The van der Waals surface area contributed by atoms with Crippen LogP contribution in [0.1, 0.15) is 10.4 Å². The quantitative estimate of drug-likeness (QED) is 0.692. The molecule has 1 aliphatic heterocycles. The van der Waals surface area contributed by atoms with Gasteiger partial charge in [-0.3, -0.25) is 10.1 Å². The number of nitrogens with zero attached hydrogens (tertiary/aromatic N) is 2. The molecule has 6 heteroatoms. The van der Waals surface area contributed by atoms with Crippen molar-refractivity contribution < 1.29 is 9.82 Å². The number of piperazine rings is 1. The van der Waals surface area contributed by atoms with Crippen molar-refractivity contribution in [2.24, 2.45) is 0 Å². The summed E-state index contributed by atoms with van der Waals surface area (Å²) >= 11 is 1.85. The summed E-state index contributed by atoms with van der Waals surface area (Å²) in [4.78, 5) is 15.8. The lowest BCUT2D eigenvalue weighted by atomic mass is 10.2. The molecule has 0 saturated carbocycles. The van der Waals surface area contributed by atoms with Crippen LogP contribution < -0.4 is 9.80 Å². The summed E-state index contributed by atoms with van der Waals surface area (Å²) in [5.74, 6) is 0. The molecule has 3 rings (SSSR count). The first-order valence-electron chi connectivity index (χ1n) is 7.49. The third kappa shape index (κ3) is 3.28. The molecular weight excluding hydrogens is 298 g/mol. The van der Waals surface area contributed by atoms with E-state index in [9.17, 15) is 10.1 Å². The average Bonchev–Trinajstić information content (AvgIpc) is 2.93. The lowest BCUT2D eigenvalue weighted by Gasteiger charge is -2.33. The highest BCUT2D eigenvalue weighted by Gasteiger charge is 2.21. The molecule has 2 heterocycles. The van der Waals surface area contributed by atoms with Crippen molar-refractivity contribution in [2.45, 2.75) is 13.5 Å². The van der Waals surface area contributed by atoms with Crippen LogP contribution in [0.3, 0.4) is 0 Å². The third-order valence-electron chi connectivity index (χ3n) is 4.27. The van der Waals surface area contributed by atoms with E-state index >= 15 is 0 Å². The van der Waals surface area contributed by atoms with Crippen LogP contribution in [0.2, 0.25) is 0 Å². The molecule has 1 aromatic carbocycles. The minimum atomic E-state index is -0.352. The number of hydrogen-bond acceptors (Lipinski definition) is 4. The van der Waals surface area contributed by atoms with Gasteiger partial charge in [-0.1, -0.05) is 0 Å². The number of quaternary nitrogens is 1. The Morgan fingerprint density at radius 3 is 2.45 bits per heavy atom. The Bertz CT molecular complexity index is 646. The first-order valence-corrected chi connectivity index (χ1v) is 8.37.